The van der Waals surface area contributed by atoms with Gasteiger partial charge in [-0.05, 0) is 25.8 Å². The molecule has 1 N–H and O–H groups in total. The highest BCUT2D eigenvalue weighted by molar-refractivity contribution is 6.09. The Morgan fingerprint density at radius 3 is 2.40 bits per heavy atom. The number of imide groups is 1. The van der Waals surface area contributed by atoms with Gasteiger partial charge < -0.3 is 4.74 Å². The number of amides is 2. The highest BCUT2D eigenvalue weighted by Crippen LogP contribution is 2.50. The third kappa shape index (κ3) is 2.47. The lowest BCUT2D eigenvalue weighted by atomic mass is 9.78. The number of hydrogen-bond donors (Lipinski definition) is 1. The summed E-state index contributed by atoms with van der Waals surface area (Å²) in [5.74, 6) is -2.34. The SMILES string of the molecule is CCOC(=O)[C@]1(CC)N[C@@H](c2ccc(C)cc2)[C@H]2C(=O)N(C)C(=O)[C@@H]21. The van der Waals surface area contributed by atoms with E-state index < -0.39 is 29.4 Å². The van der Waals surface area contributed by atoms with Crippen molar-refractivity contribution >= 4 is 17.8 Å². The average Bonchev–Trinajstić information content (AvgIpc) is 3.06. The minimum absolute atomic E-state index is 0.229. The molecule has 6 heteroatoms. The lowest BCUT2D eigenvalue weighted by molar-refractivity contribution is -0.156. The summed E-state index contributed by atoms with van der Waals surface area (Å²) in [6.45, 7) is 5.79. The summed E-state index contributed by atoms with van der Waals surface area (Å²) in [5.41, 5.74) is 0.835. The molecule has 2 aliphatic heterocycles. The molecule has 6 nitrogen and oxygen atoms in total. The van der Waals surface area contributed by atoms with E-state index >= 15 is 0 Å². The van der Waals surface area contributed by atoms with E-state index in [0.717, 1.165) is 16.0 Å². The first-order chi connectivity index (χ1) is 11.9. The number of likely N-dealkylation sites (tertiary alicyclic amines) is 1. The van der Waals surface area contributed by atoms with Crippen molar-refractivity contribution in [2.24, 2.45) is 11.8 Å². The number of fused-ring (bicyclic) bond motifs is 1. The number of carbonyl (C=O) groups is 3. The predicted octanol–water partition coefficient (Wildman–Crippen LogP) is 1.58. The maximum Gasteiger partial charge on any atom is 0.327 e. The Balaban J connectivity index is 2.10. The molecule has 2 aliphatic rings. The van der Waals surface area contributed by atoms with Crippen LogP contribution in [0.15, 0.2) is 24.3 Å². The number of esters is 1. The van der Waals surface area contributed by atoms with E-state index in [1.54, 1.807) is 6.92 Å². The molecule has 0 spiro atoms. The van der Waals surface area contributed by atoms with E-state index in [2.05, 4.69) is 5.32 Å². The molecule has 25 heavy (non-hydrogen) atoms. The van der Waals surface area contributed by atoms with Gasteiger partial charge in [-0.2, -0.15) is 0 Å². The molecule has 2 amide bonds. The first-order valence-electron chi connectivity index (χ1n) is 8.70. The van der Waals surface area contributed by atoms with Gasteiger partial charge in [-0.3, -0.25) is 24.6 Å². The molecule has 134 valence electrons. The Kier molecular flexibility index (Phi) is 4.41. The fraction of sp³-hybridized carbons (Fsp3) is 0.526. The highest BCUT2D eigenvalue weighted by Gasteiger charge is 2.67. The minimum Gasteiger partial charge on any atom is -0.465 e. The molecule has 0 aliphatic carbocycles. The van der Waals surface area contributed by atoms with E-state index in [-0.39, 0.29) is 18.4 Å². The van der Waals surface area contributed by atoms with Crippen molar-refractivity contribution in [3.8, 4) is 0 Å². The smallest absolute Gasteiger partial charge is 0.327 e. The zero-order valence-corrected chi connectivity index (χ0v) is 15.0. The van der Waals surface area contributed by atoms with E-state index in [9.17, 15) is 14.4 Å². The van der Waals surface area contributed by atoms with Crippen LogP contribution in [0.1, 0.15) is 37.4 Å². The fourth-order valence-electron chi connectivity index (χ4n) is 4.12. The molecule has 4 atom stereocenters. The van der Waals surface area contributed by atoms with Gasteiger partial charge in [0.1, 0.15) is 5.54 Å². The van der Waals surface area contributed by atoms with Gasteiger partial charge in [0.25, 0.3) is 0 Å². The summed E-state index contributed by atoms with van der Waals surface area (Å²) >= 11 is 0. The van der Waals surface area contributed by atoms with Crippen LogP contribution in [0.5, 0.6) is 0 Å². The molecule has 0 unspecified atom stereocenters. The Morgan fingerprint density at radius 1 is 1.20 bits per heavy atom. The van der Waals surface area contributed by atoms with Gasteiger partial charge in [0.2, 0.25) is 11.8 Å². The van der Waals surface area contributed by atoms with Gasteiger partial charge in [-0.1, -0.05) is 36.8 Å². The predicted molar refractivity (Wildman–Crippen MR) is 91.5 cm³/mol. The normalized spacial score (nSPS) is 31.4. The zero-order valence-electron chi connectivity index (χ0n) is 15.0. The van der Waals surface area contributed by atoms with Crippen molar-refractivity contribution in [3.05, 3.63) is 35.4 Å². The van der Waals surface area contributed by atoms with Crippen molar-refractivity contribution in [2.75, 3.05) is 13.7 Å². The minimum atomic E-state index is -1.17. The van der Waals surface area contributed by atoms with Crippen LogP contribution >= 0.6 is 0 Å². The Morgan fingerprint density at radius 2 is 1.84 bits per heavy atom. The van der Waals surface area contributed by atoms with Gasteiger partial charge in [0.15, 0.2) is 0 Å². The first kappa shape index (κ1) is 17.6. The number of ether oxygens (including phenoxy) is 1. The Bertz CT molecular complexity index is 715. The lowest BCUT2D eigenvalue weighted by Crippen LogP contribution is -2.55. The van der Waals surface area contributed by atoms with Gasteiger partial charge in [0.05, 0.1) is 18.4 Å². The summed E-state index contributed by atoms with van der Waals surface area (Å²) in [5, 5.41) is 3.32. The quantitative estimate of drug-likeness (QED) is 0.663. The molecule has 0 radical (unpaired) electrons. The molecule has 0 bridgehead atoms. The van der Waals surface area contributed by atoms with E-state index in [1.165, 1.54) is 7.05 Å². The summed E-state index contributed by atoms with van der Waals surface area (Å²) < 4.78 is 5.27. The van der Waals surface area contributed by atoms with Crippen molar-refractivity contribution < 1.29 is 19.1 Å². The van der Waals surface area contributed by atoms with Crippen LogP contribution in [0.25, 0.3) is 0 Å². The summed E-state index contributed by atoms with van der Waals surface area (Å²) in [7, 11) is 1.49. The molecule has 2 heterocycles. The second kappa shape index (κ2) is 6.26. The Labute approximate surface area is 147 Å². The maximum atomic E-state index is 12.8. The second-order valence-corrected chi connectivity index (χ2v) is 6.82. The third-order valence-corrected chi connectivity index (χ3v) is 5.51. The molecular weight excluding hydrogens is 320 g/mol. The highest BCUT2D eigenvalue weighted by atomic mass is 16.5. The molecule has 1 aromatic carbocycles. The van der Waals surface area contributed by atoms with Crippen LogP contribution in [0, 0.1) is 18.8 Å². The molecule has 2 saturated heterocycles. The summed E-state index contributed by atoms with van der Waals surface area (Å²) in [6, 6.07) is 7.42. The van der Waals surface area contributed by atoms with Crippen LogP contribution in [0.2, 0.25) is 0 Å². The number of nitrogens with zero attached hydrogens (tertiary/aromatic N) is 1. The average molecular weight is 344 g/mol. The monoisotopic (exact) mass is 344 g/mol. The van der Waals surface area contributed by atoms with E-state index in [0.29, 0.717) is 6.42 Å². The zero-order chi connectivity index (χ0) is 18.4. The van der Waals surface area contributed by atoms with Gasteiger partial charge in [-0.15, -0.1) is 0 Å². The first-order valence-corrected chi connectivity index (χ1v) is 8.70. The Hall–Kier alpha value is -2.21. The third-order valence-electron chi connectivity index (χ3n) is 5.51. The van der Waals surface area contributed by atoms with Gasteiger partial charge in [0, 0.05) is 13.1 Å². The fourth-order valence-corrected chi connectivity index (χ4v) is 4.12. The van der Waals surface area contributed by atoms with Crippen LogP contribution in [-0.2, 0) is 19.1 Å². The standard InChI is InChI=1S/C19H24N2O4/c1-5-19(18(24)25-6-2)14-13(16(22)21(4)17(14)23)15(20-19)12-9-7-11(3)8-10-12/h7-10,13-15,20H,5-6H2,1-4H3/t13-,14+,15-,19+/m0/s1. The van der Waals surface area contributed by atoms with Crippen molar-refractivity contribution in [2.45, 2.75) is 38.8 Å². The maximum absolute atomic E-state index is 12.8. The van der Waals surface area contributed by atoms with Crippen LogP contribution in [-0.4, -0.2) is 41.9 Å². The number of carbonyl (C=O) groups excluding carboxylic acids is 3. The van der Waals surface area contributed by atoms with Crippen LogP contribution in [0.3, 0.4) is 0 Å². The molecule has 1 aromatic rings. The van der Waals surface area contributed by atoms with Crippen molar-refractivity contribution in [1.82, 2.24) is 10.2 Å². The van der Waals surface area contributed by atoms with Crippen LogP contribution < -0.4 is 5.32 Å². The van der Waals surface area contributed by atoms with Crippen molar-refractivity contribution in [1.29, 1.82) is 0 Å². The number of nitrogens with one attached hydrogen (secondary N) is 1. The molecule has 0 aromatic heterocycles. The summed E-state index contributed by atoms with van der Waals surface area (Å²) in [6.07, 6.45) is 0.377. The number of benzene rings is 1. The molecule has 3 rings (SSSR count). The largest absolute Gasteiger partial charge is 0.465 e. The lowest BCUT2D eigenvalue weighted by Gasteiger charge is -2.31. The second-order valence-electron chi connectivity index (χ2n) is 6.82. The topological polar surface area (TPSA) is 75.7 Å². The number of hydrogen-bond acceptors (Lipinski definition) is 5. The number of aryl methyl sites for hydroxylation is 1. The molecular formula is C19H24N2O4. The van der Waals surface area contributed by atoms with Gasteiger partial charge in [-0.25, -0.2) is 0 Å². The molecule has 2 fully saturated rings. The van der Waals surface area contributed by atoms with Gasteiger partial charge >= 0.3 is 5.97 Å². The number of rotatable bonds is 4. The van der Waals surface area contributed by atoms with E-state index in [1.807, 2.05) is 38.1 Å². The molecule has 0 saturated carbocycles. The van der Waals surface area contributed by atoms with Crippen molar-refractivity contribution in [3.63, 3.8) is 0 Å². The van der Waals surface area contributed by atoms with E-state index in [4.69, 9.17) is 4.74 Å². The van der Waals surface area contributed by atoms with Crippen LogP contribution in [0.4, 0.5) is 0 Å². The summed E-state index contributed by atoms with van der Waals surface area (Å²) in [4.78, 5) is 39.4.